The number of carbonyl (C=O) groups excluding carboxylic acids is 7. The first-order chi connectivity index (χ1) is 44.6. The number of benzene rings is 3. The van der Waals surface area contributed by atoms with Gasteiger partial charge in [0.15, 0.2) is 17.6 Å². The first-order valence-electron chi connectivity index (χ1n) is 30.7. The van der Waals surface area contributed by atoms with Gasteiger partial charge in [0.2, 0.25) is 42.0 Å². The Bertz CT molecular complexity index is 3310. The second kappa shape index (κ2) is 32.0. The van der Waals surface area contributed by atoms with Gasteiger partial charge in [-0.25, -0.2) is 11.8 Å². The molecule has 3 aromatic carbocycles. The number of aromatic nitrogens is 2. The number of nitrogens with one attached hydrogen (secondary N) is 5. The van der Waals surface area contributed by atoms with E-state index in [9.17, 15) is 69.3 Å². The summed E-state index contributed by atoms with van der Waals surface area (Å²) in [5, 5.41) is 113. The van der Waals surface area contributed by atoms with Crippen LogP contribution in [0.3, 0.4) is 0 Å². The van der Waals surface area contributed by atoms with Crippen molar-refractivity contribution in [2.45, 2.75) is 163 Å². The van der Waals surface area contributed by atoms with Gasteiger partial charge in [-0.15, -0.1) is 10.2 Å². The Labute approximate surface area is 543 Å². The Morgan fingerprint density at radius 2 is 1.40 bits per heavy atom. The second-order valence-electron chi connectivity index (χ2n) is 24.1. The van der Waals surface area contributed by atoms with Crippen LogP contribution in [0.4, 0.5) is 5.69 Å². The smallest absolute Gasteiger partial charge is 0.261 e. The summed E-state index contributed by atoms with van der Waals surface area (Å²) in [5.74, 6) is -9.60. The molecule has 4 saturated heterocycles. The van der Waals surface area contributed by atoms with Gasteiger partial charge in [-0.1, -0.05) is 65.1 Å². The molecule has 0 radical (unpaired) electrons. The third-order valence-corrected chi connectivity index (χ3v) is 18.7. The number of aliphatic hydroxyl groups excluding tert-OH is 6. The number of carbonyl (C=O) groups is 7. The van der Waals surface area contributed by atoms with Crippen LogP contribution in [0.1, 0.15) is 87.6 Å². The minimum atomic E-state index is -2.15. The van der Waals surface area contributed by atoms with E-state index in [1.807, 2.05) is 12.1 Å². The van der Waals surface area contributed by atoms with E-state index < -0.39 is 165 Å². The fourth-order valence-electron chi connectivity index (χ4n) is 12.3. The molecule has 32 heteroatoms. The summed E-state index contributed by atoms with van der Waals surface area (Å²) in [6.45, 7) is 9.46. The maximum absolute atomic E-state index is 14.7. The molecule has 1 saturated carbocycles. The minimum Gasteiger partial charge on any atom is -0.504 e. The maximum atomic E-state index is 14.7. The molecular weight excluding hydrogens is 1250 g/mol. The van der Waals surface area contributed by atoms with Gasteiger partial charge in [-0.3, -0.25) is 33.6 Å². The lowest BCUT2D eigenvalue weighted by molar-refractivity contribution is -0.433. The fourth-order valence-corrected chi connectivity index (χ4v) is 13.4. The molecule has 4 aromatic rings. The summed E-state index contributed by atoms with van der Waals surface area (Å²) < 4.78 is 15.8. The number of phenolic OH excluding ortho intramolecular Hbond substituents is 1. The van der Waals surface area contributed by atoms with Crippen molar-refractivity contribution in [3.63, 3.8) is 0 Å². The van der Waals surface area contributed by atoms with Crippen molar-refractivity contribution in [3.05, 3.63) is 89.3 Å². The molecule has 93 heavy (non-hydrogen) atoms. The van der Waals surface area contributed by atoms with Gasteiger partial charge in [0, 0.05) is 80.3 Å². The molecule has 502 valence electrons. The molecule has 1 aromatic heterocycles. The van der Waals surface area contributed by atoms with Crippen molar-refractivity contribution in [2.24, 2.45) is 5.92 Å². The molecule has 4 aliphatic heterocycles. The van der Waals surface area contributed by atoms with Gasteiger partial charge in [-0.2, -0.15) is 0 Å². The van der Waals surface area contributed by atoms with E-state index in [1.54, 1.807) is 12.1 Å². The van der Waals surface area contributed by atoms with E-state index in [1.165, 1.54) is 55.7 Å². The number of hydrogen-bond donors (Lipinski definition) is 13. The van der Waals surface area contributed by atoms with E-state index in [-0.39, 0.29) is 41.8 Å². The Hall–Kier alpha value is -7.65. The van der Waals surface area contributed by atoms with Crippen molar-refractivity contribution >= 4 is 70.7 Å². The summed E-state index contributed by atoms with van der Waals surface area (Å²) in [7, 11) is 0. The zero-order valence-electron chi connectivity index (χ0n) is 50.9. The predicted molar refractivity (Wildman–Crippen MR) is 331 cm³/mol. The number of piperidine rings is 1. The number of nitrogens with zero attached hydrogens (tertiary/aromatic N) is 6. The summed E-state index contributed by atoms with van der Waals surface area (Å²) in [4.78, 5) is 108. The number of hydrogen-bond acceptors (Lipinski definition) is 24. The number of rotatable bonds is 17. The zero-order chi connectivity index (χ0) is 66.6. The van der Waals surface area contributed by atoms with Gasteiger partial charge in [0.1, 0.15) is 46.3 Å². The Morgan fingerprint density at radius 3 is 2.05 bits per heavy atom. The van der Waals surface area contributed by atoms with E-state index in [0.717, 1.165) is 78.9 Å². The van der Waals surface area contributed by atoms with Gasteiger partial charge < -0.3 is 90.8 Å². The molecule has 9 rings (SSSR count). The highest BCUT2D eigenvalue weighted by molar-refractivity contribution is 7.90. The van der Waals surface area contributed by atoms with Gasteiger partial charge in [-0.05, 0) is 86.7 Å². The van der Waals surface area contributed by atoms with E-state index >= 15 is 0 Å². The van der Waals surface area contributed by atoms with Crippen LogP contribution in [0.25, 0.3) is 26.0 Å². The third-order valence-electron chi connectivity index (χ3n) is 17.4. The standard InChI is InChI=1S/C61H77N11O19S2/c1-31-29-72-51(52(31)79)57(84)63-27-38(74)25-42(64-53(80)34-10-12-35(13-11-34)58-68-69-59(92-58)36-14-16-37(17-15-36)70-21-19-41(20-22-70)88-40-7-5-4-6-8-40)54(81)65-48(32(2)73)60(85)71-30-39(75)26-43(71)55(82)66-49(56(83)67-50(61(72)86)46(78)28-62-3)45(77)23-33-9-18-44(76)47(24-33)89-93-91-90-87/h9-18,24,31-32,38-43,45-46,48-52,73-79,87H,4-8,19-23,25-30H2,1-2H3,(H,63,84)(H,64,80)(H,65,81)(H,66,82)(H,67,83)/t31-,32+,38+,39+,42+,43+,45-,46-,48+,49+,50+,51+,52+/m1/s1. The fraction of sp³-hybridized carbons (Fsp3) is 0.541. The van der Waals surface area contributed by atoms with Crippen LogP contribution in [-0.2, 0) is 49.3 Å². The van der Waals surface area contributed by atoms with Crippen molar-refractivity contribution in [3.8, 4) is 32.6 Å². The van der Waals surface area contributed by atoms with Crippen LogP contribution in [0.5, 0.6) is 11.5 Å². The molecular formula is C61H77N11O19S2. The number of anilines is 1. The summed E-state index contributed by atoms with van der Waals surface area (Å²) >= 11 is 1.40. The average molecular weight is 1330 g/mol. The van der Waals surface area contributed by atoms with E-state index in [0.29, 0.717) is 21.7 Å². The maximum Gasteiger partial charge on any atom is 0.261 e. The predicted octanol–water partition coefficient (Wildman–Crippen LogP) is 0.127. The quantitative estimate of drug-likeness (QED) is 0.0220. The molecule has 13 N–H and O–H groups in total. The molecule has 0 bridgehead atoms. The van der Waals surface area contributed by atoms with Crippen molar-refractivity contribution in [2.75, 3.05) is 44.2 Å². The molecule has 1 aliphatic carbocycles. The van der Waals surface area contributed by atoms with Crippen LogP contribution >= 0.6 is 23.7 Å². The van der Waals surface area contributed by atoms with Crippen LogP contribution in [0, 0.1) is 12.5 Å². The lowest BCUT2D eigenvalue weighted by atomic mass is 9.97. The number of amides is 7. The molecule has 0 spiro atoms. The highest BCUT2D eigenvalue weighted by atomic mass is 32.2. The number of ether oxygens (including phenoxy) is 1. The van der Waals surface area contributed by atoms with E-state index in [2.05, 4.69) is 68.0 Å². The van der Waals surface area contributed by atoms with Gasteiger partial charge >= 0.3 is 0 Å². The molecule has 5 fully saturated rings. The van der Waals surface area contributed by atoms with Crippen molar-refractivity contribution in [1.29, 1.82) is 0 Å². The monoisotopic (exact) mass is 1330 g/mol. The lowest BCUT2D eigenvalue weighted by Crippen LogP contribution is -2.64. The first-order valence-corrected chi connectivity index (χ1v) is 32.2. The molecule has 0 unspecified atom stereocenters. The zero-order valence-corrected chi connectivity index (χ0v) is 52.5. The lowest BCUT2D eigenvalue weighted by Gasteiger charge is -2.36. The highest BCUT2D eigenvalue weighted by Crippen LogP contribution is 2.35. The number of β-amino-alcohol motifs (C(OH)–C–C–N with tert-alkyl or cyclic N) is 1. The largest absolute Gasteiger partial charge is 0.504 e. The van der Waals surface area contributed by atoms with Crippen LogP contribution in [0.15, 0.2) is 66.7 Å². The second-order valence-corrected chi connectivity index (χ2v) is 25.5. The molecule has 30 nitrogen and oxygen atoms in total. The van der Waals surface area contributed by atoms with Gasteiger partial charge in [0.25, 0.3) is 18.2 Å². The summed E-state index contributed by atoms with van der Waals surface area (Å²) in [6, 6.07) is 6.43. The number of aliphatic hydroxyl groups is 6. The number of fused-ring (bicyclic) bond motifs is 2. The summed E-state index contributed by atoms with van der Waals surface area (Å²) in [5.41, 5.74) is 2.70. The summed E-state index contributed by atoms with van der Waals surface area (Å²) in [6.07, 6.45) is -3.64. The third kappa shape index (κ3) is 17.4. The van der Waals surface area contributed by atoms with Crippen LogP contribution < -0.4 is 35.7 Å². The molecule has 7 amide bonds. The van der Waals surface area contributed by atoms with Crippen LogP contribution in [-0.4, -0.2) is 227 Å². The molecule has 5 aliphatic rings. The van der Waals surface area contributed by atoms with E-state index in [4.69, 9.17) is 20.7 Å². The number of aromatic hydroxyl groups is 1. The SMILES string of the molecule is [C-]#[N+]C[C@@H](O)[C@@H]1NC(=O)[C@H]([C@H](O)Cc2ccc(O)c(OSOOO)c2)NC(=O)[C@@H]2C[C@H](O)CN2C(=O)[C@H]([C@H](C)O)NC(=O)[C@@H](NC(=O)c2ccc(-c3nnc(-c4ccc(N5CCC(OC6CCCCC6)CC5)cc4)s3)cc2)C[C@H](O)CNC(=O)[C@@H]2[C@@H](O)[C@H](C)CN2C1=O. The highest BCUT2D eigenvalue weighted by Gasteiger charge is 2.50. The Kier molecular flexibility index (Phi) is 24.0. The minimum absolute atomic E-state index is 0.0239. The first kappa shape index (κ1) is 69.7. The normalized spacial score (nSPS) is 26.9. The van der Waals surface area contributed by atoms with Crippen LogP contribution in [0.2, 0.25) is 0 Å². The Morgan fingerprint density at radius 1 is 0.763 bits per heavy atom. The molecule has 13 atom stereocenters. The number of phenols is 1. The topological polar surface area (TPSA) is 418 Å². The van der Waals surface area contributed by atoms with Crippen molar-refractivity contribution < 1.29 is 92.9 Å². The van der Waals surface area contributed by atoms with Gasteiger partial charge in [0.05, 0.1) is 42.7 Å². The van der Waals surface area contributed by atoms with Crippen molar-refractivity contribution in [1.82, 2.24) is 46.6 Å². The Balaban J connectivity index is 0.947. The average Bonchev–Trinajstić information content (AvgIpc) is 1.72. The molecule has 5 heterocycles.